The monoisotopic (exact) mass is 435 g/mol. The average molecular weight is 436 g/mol. The van der Waals surface area contributed by atoms with Crippen LogP contribution >= 0.6 is 11.3 Å². The molecular weight excluding hydrogens is 410 g/mol. The third kappa shape index (κ3) is 2.42. The van der Waals surface area contributed by atoms with Crippen molar-refractivity contribution in [2.24, 2.45) is 0 Å². The molecule has 0 radical (unpaired) electrons. The van der Waals surface area contributed by atoms with E-state index in [-0.39, 0.29) is 5.41 Å². The van der Waals surface area contributed by atoms with Crippen LogP contribution in [0.15, 0.2) is 48.8 Å². The van der Waals surface area contributed by atoms with Crippen LogP contribution in [-0.2, 0) is 18.3 Å². The lowest BCUT2D eigenvalue weighted by atomic mass is 9.86. The molecule has 7 rings (SSSR count). The molecule has 0 atom stereocenters. The number of hydrogen-bond acceptors (Lipinski definition) is 3. The van der Waals surface area contributed by atoms with Crippen molar-refractivity contribution in [3.05, 3.63) is 65.5 Å². The van der Waals surface area contributed by atoms with Gasteiger partial charge in [0, 0.05) is 28.6 Å². The summed E-state index contributed by atoms with van der Waals surface area (Å²) in [5.74, 6) is 0. The molecule has 0 fully saturated rings. The van der Waals surface area contributed by atoms with E-state index in [0.29, 0.717) is 0 Å². The van der Waals surface area contributed by atoms with Crippen molar-refractivity contribution >= 4 is 48.9 Å². The Kier molecular flexibility index (Phi) is 3.65. The maximum Gasteiger partial charge on any atom is 0.109 e. The fourth-order valence-corrected chi connectivity index (χ4v) is 6.76. The fourth-order valence-electron chi connectivity index (χ4n) is 5.55. The quantitative estimate of drug-likeness (QED) is 0.267. The molecule has 0 bridgehead atoms. The summed E-state index contributed by atoms with van der Waals surface area (Å²) in [5, 5.41) is 3.88. The van der Waals surface area contributed by atoms with E-state index < -0.39 is 0 Å². The minimum atomic E-state index is 0.115. The summed E-state index contributed by atoms with van der Waals surface area (Å²) < 4.78 is 2.44. The molecule has 0 saturated carbocycles. The van der Waals surface area contributed by atoms with E-state index in [1.54, 1.807) is 0 Å². The second kappa shape index (κ2) is 6.29. The first-order valence-electron chi connectivity index (χ1n) is 11.6. The second-order valence-corrected chi connectivity index (χ2v) is 11.2. The van der Waals surface area contributed by atoms with Gasteiger partial charge in [-0.05, 0) is 78.1 Å². The van der Waals surface area contributed by atoms with Gasteiger partial charge in [-0.2, -0.15) is 0 Å². The number of rotatable bonds is 1. The summed E-state index contributed by atoms with van der Waals surface area (Å²) in [6.45, 7) is 6.82. The SMILES string of the molecule is CC(C)(C)c1ccc2c(c1)c1nccc3c4cc(-c5nccc6c5CCCC6)sc4n2c31. The Morgan fingerprint density at radius 2 is 1.72 bits per heavy atom. The Morgan fingerprint density at radius 1 is 0.875 bits per heavy atom. The normalized spacial score (nSPS) is 14.8. The van der Waals surface area contributed by atoms with E-state index in [4.69, 9.17) is 9.97 Å². The highest BCUT2D eigenvalue weighted by Crippen LogP contribution is 2.45. The number of fused-ring (bicyclic) bond motifs is 7. The first kappa shape index (κ1) is 18.6. The first-order valence-corrected chi connectivity index (χ1v) is 12.4. The highest BCUT2D eigenvalue weighted by molar-refractivity contribution is 7.22. The van der Waals surface area contributed by atoms with Gasteiger partial charge < -0.3 is 0 Å². The second-order valence-electron chi connectivity index (χ2n) is 10.2. The van der Waals surface area contributed by atoms with E-state index in [2.05, 4.69) is 61.6 Å². The molecule has 6 aromatic rings. The van der Waals surface area contributed by atoms with E-state index in [0.717, 1.165) is 11.9 Å². The third-order valence-electron chi connectivity index (χ3n) is 7.22. The molecule has 4 heteroatoms. The number of aryl methyl sites for hydroxylation is 1. The smallest absolute Gasteiger partial charge is 0.109 e. The van der Waals surface area contributed by atoms with Gasteiger partial charge >= 0.3 is 0 Å². The minimum Gasteiger partial charge on any atom is -0.298 e. The third-order valence-corrected chi connectivity index (χ3v) is 8.35. The Hall–Kier alpha value is -2.98. The van der Waals surface area contributed by atoms with Crippen LogP contribution in [0.3, 0.4) is 0 Å². The Bertz CT molecular complexity index is 1660. The van der Waals surface area contributed by atoms with Gasteiger partial charge in [-0.15, -0.1) is 11.3 Å². The molecule has 0 saturated heterocycles. The zero-order chi connectivity index (χ0) is 21.6. The van der Waals surface area contributed by atoms with E-state index in [1.807, 2.05) is 23.7 Å². The van der Waals surface area contributed by atoms with Gasteiger partial charge in [0.2, 0.25) is 0 Å². The van der Waals surface area contributed by atoms with Crippen LogP contribution in [0.2, 0.25) is 0 Å². The molecular formula is C28H25N3S. The predicted molar refractivity (Wildman–Crippen MR) is 135 cm³/mol. The number of aromatic nitrogens is 3. The Balaban J connectivity index is 1.55. The zero-order valence-electron chi connectivity index (χ0n) is 18.7. The van der Waals surface area contributed by atoms with Gasteiger partial charge in [-0.1, -0.05) is 26.8 Å². The summed E-state index contributed by atoms with van der Waals surface area (Å²) in [5.41, 5.74) is 9.23. The maximum atomic E-state index is 4.86. The molecule has 0 amide bonds. The van der Waals surface area contributed by atoms with Gasteiger partial charge in [0.05, 0.1) is 27.1 Å². The van der Waals surface area contributed by atoms with Crippen LogP contribution in [0.1, 0.15) is 50.3 Å². The van der Waals surface area contributed by atoms with Crippen LogP contribution in [0.4, 0.5) is 0 Å². The first-order chi connectivity index (χ1) is 15.5. The number of hydrogen-bond donors (Lipinski definition) is 0. The summed E-state index contributed by atoms with van der Waals surface area (Å²) >= 11 is 1.88. The minimum absolute atomic E-state index is 0.115. The fraction of sp³-hybridized carbons (Fsp3) is 0.286. The van der Waals surface area contributed by atoms with Gasteiger partial charge in [0.15, 0.2) is 0 Å². The standard InChI is InChI=1S/C28H25N3S/c1-28(2,3)17-8-9-22-21(14-17)25-26-19(11-13-30-25)20-15-23(32-27(20)31(22)26)24-18-7-5-4-6-16(18)10-12-29-24/h8-15H,4-7H2,1-3H3. The number of benzene rings is 1. The summed E-state index contributed by atoms with van der Waals surface area (Å²) in [6.07, 6.45) is 8.86. The van der Waals surface area contributed by atoms with Crippen LogP contribution in [0.25, 0.3) is 48.1 Å². The predicted octanol–water partition coefficient (Wildman–Crippen LogP) is 7.53. The molecule has 5 heterocycles. The van der Waals surface area contributed by atoms with Crippen molar-refractivity contribution in [3.63, 3.8) is 0 Å². The summed E-state index contributed by atoms with van der Waals surface area (Å²) in [4.78, 5) is 12.3. The van der Waals surface area contributed by atoms with Crippen LogP contribution in [0, 0.1) is 0 Å². The van der Waals surface area contributed by atoms with Crippen LogP contribution < -0.4 is 0 Å². The van der Waals surface area contributed by atoms with Gasteiger partial charge in [0.1, 0.15) is 4.83 Å². The van der Waals surface area contributed by atoms with Crippen molar-refractivity contribution in [2.45, 2.75) is 51.9 Å². The molecule has 0 aliphatic heterocycles. The topological polar surface area (TPSA) is 30.2 Å². The molecule has 158 valence electrons. The molecule has 0 unspecified atom stereocenters. The Morgan fingerprint density at radius 3 is 2.59 bits per heavy atom. The van der Waals surface area contributed by atoms with Gasteiger partial charge in [-0.3, -0.25) is 14.4 Å². The molecule has 5 aromatic heterocycles. The zero-order valence-corrected chi connectivity index (χ0v) is 19.5. The molecule has 1 aliphatic carbocycles. The van der Waals surface area contributed by atoms with E-state index in [1.165, 1.54) is 78.5 Å². The average Bonchev–Trinajstić information content (AvgIpc) is 3.45. The summed E-state index contributed by atoms with van der Waals surface area (Å²) in [7, 11) is 0. The van der Waals surface area contributed by atoms with Crippen molar-refractivity contribution in [2.75, 3.05) is 0 Å². The van der Waals surface area contributed by atoms with Crippen molar-refractivity contribution in [1.82, 2.24) is 14.4 Å². The van der Waals surface area contributed by atoms with Crippen molar-refractivity contribution < 1.29 is 0 Å². The molecule has 1 aromatic carbocycles. The van der Waals surface area contributed by atoms with Crippen LogP contribution in [-0.4, -0.2) is 14.4 Å². The summed E-state index contributed by atoms with van der Waals surface area (Å²) in [6, 6.07) is 13.7. The number of nitrogens with zero attached hydrogens (tertiary/aromatic N) is 3. The molecule has 1 aliphatic rings. The van der Waals surface area contributed by atoms with E-state index >= 15 is 0 Å². The molecule has 0 N–H and O–H groups in total. The lowest BCUT2D eigenvalue weighted by Crippen LogP contribution is -2.10. The van der Waals surface area contributed by atoms with Gasteiger partial charge in [0.25, 0.3) is 0 Å². The van der Waals surface area contributed by atoms with Crippen molar-refractivity contribution in [1.29, 1.82) is 0 Å². The number of pyridine rings is 2. The highest BCUT2D eigenvalue weighted by atomic mass is 32.1. The van der Waals surface area contributed by atoms with Gasteiger partial charge in [-0.25, -0.2) is 0 Å². The van der Waals surface area contributed by atoms with E-state index in [9.17, 15) is 0 Å². The lowest BCUT2D eigenvalue weighted by molar-refractivity contribution is 0.591. The number of thiophene rings is 1. The molecule has 0 spiro atoms. The lowest BCUT2D eigenvalue weighted by Gasteiger charge is -2.18. The Labute approximate surface area is 191 Å². The molecule has 32 heavy (non-hydrogen) atoms. The molecule has 3 nitrogen and oxygen atoms in total. The maximum absolute atomic E-state index is 4.86. The largest absolute Gasteiger partial charge is 0.298 e. The van der Waals surface area contributed by atoms with Crippen LogP contribution in [0.5, 0.6) is 0 Å². The van der Waals surface area contributed by atoms with Crippen molar-refractivity contribution in [3.8, 4) is 10.6 Å². The highest BCUT2D eigenvalue weighted by Gasteiger charge is 2.24.